The van der Waals surface area contributed by atoms with E-state index in [4.69, 9.17) is 0 Å². The summed E-state index contributed by atoms with van der Waals surface area (Å²) in [6, 6.07) is 8.53. The van der Waals surface area contributed by atoms with E-state index in [9.17, 15) is 4.79 Å². The monoisotopic (exact) mass is 271 g/mol. The van der Waals surface area contributed by atoms with Crippen LogP contribution >= 0.6 is 0 Å². The molecule has 0 saturated carbocycles. The van der Waals surface area contributed by atoms with E-state index < -0.39 is 0 Å². The van der Waals surface area contributed by atoms with Crippen molar-refractivity contribution in [2.75, 3.05) is 11.9 Å². The molecule has 1 aromatic carbocycles. The molecule has 0 bridgehead atoms. The maximum Gasteiger partial charge on any atom is 0.293 e. The molecule has 0 saturated heterocycles. The number of hydrogen-bond donors (Lipinski definition) is 1. The van der Waals surface area contributed by atoms with E-state index in [1.807, 2.05) is 13.8 Å². The van der Waals surface area contributed by atoms with Gasteiger partial charge in [0.15, 0.2) is 5.82 Å². The van der Waals surface area contributed by atoms with E-state index in [0.717, 1.165) is 6.42 Å². The van der Waals surface area contributed by atoms with E-state index >= 15 is 0 Å². The van der Waals surface area contributed by atoms with Crippen LogP contribution in [0.3, 0.4) is 0 Å². The molecule has 1 aromatic heterocycles. The van der Waals surface area contributed by atoms with Crippen molar-refractivity contribution in [2.45, 2.75) is 33.2 Å². The lowest BCUT2D eigenvalue weighted by Crippen LogP contribution is -2.26. The Morgan fingerprint density at radius 2 is 2.15 bits per heavy atom. The Morgan fingerprint density at radius 1 is 1.35 bits per heavy atom. The molecule has 20 heavy (non-hydrogen) atoms. The summed E-state index contributed by atoms with van der Waals surface area (Å²) in [7, 11) is 0. The molecule has 1 N–H and O–H groups in total. The second kappa shape index (κ2) is 6.37. The van der Waals surface area contributed by atoms with E-state index in [1.54, 1.807) is 17.0 Å². The van der Waals surface area contributed by atoms with Crippen LogP contribution in [-0.2, 0) is 6.42 Å². The quantitative estimate of drug-likeness (QED) is 0.909. The zero-order valence-electron chi connectivity index (χ0n) is 12.3. The minimum atomic E-state index is -0.0632. The van der Waals surface area contributed by atoms with Crippen molar-refractivity contribution in [2.24, 2.45) is 0 Å². The third-order valence-electron chi connectivity index (χ3n) is 3.21. The summed E-state index contributed by atoms with van der Waals surface area (Å²) < 4.78 is 1.68. The fourth-order valence-corrected chi connectivity index (χ4v) is 2.15. The summed E-state index contributed by atoms with van der Waals surface area (Å²) in [5.74, 6) is 0.425. The van der Waals surface area contributed by atoms with Gasteiger partial charge in [0.1, 0.15) is 0 Å². The van der Waals surface area contributed by atoms with E-state index in [1.165, 1.54) is 11.1 Å². The van der Waals surface area contributed by atoms with Crippen molar-refractivity contribution in [1.82, 2.24) is 9.55 Å². The van der Waals surface area contributed by atoms with Gasteiger partial charge in [0.05, 0.1) is 0 Å². The van der Waals surface area contributed by atoms with Gasteiger partial charge in [-0.05, 0) is 32.8 Å². The number of rotatable bonds is 5. The normalized spacial score (nSPS) is 10.8. The van der Waals surface area contributed by atoms with Gasteiger partial charge >= 0.3 is 0 Å². The van der Waals surface area contributed by atoms with Crippen molar-refractivity contribution in [3.05, 3.63) is 58.1 Å². The minimum absolute atomic E-state index is 0.0632. The standard InChI is InChI=1S/C16H21N3O/c1-12(2)19-10-9-18-15(16(19)20)17-8-7-14-6-4-5-13(3)11-14/h4-6,9-12H,7-8H2,1-3H3,(H,17,18). The Labute approximate surface area is 119 Å². The Morgan fingerprint density at radius 3 is 2.85 bits per heavy atom. The number of aromatic nitrogens is 2. The number of nitrogens with one attached hydrogen (secondary N) is 1. The average molecular weight is 271 g/mol. The van der Waals surface area contributed by atoms with Crippen LogP contribution in [0.5, 0.6) is 0 Å². The summed E-state index contributed by atoms with van der Waals surface area (Å²) in [5, 5.41) is 3.13. The first-order valence-corrected chi connectivity index (χ1v) is 6.94. The highest BCUT2D eigenvalue weighted by molar-refractivity contribution is 5.32. The van der Waals surface area contributed by atoms with E-state index in [2.05, 4.69) is 41.5 Å². The highest BCUT2D eigenvalue weighted by Crippen LogP contribution is 2.05. The van der Waals surface area contributed by atoms with E-state index in [-0.39, 0.29) is 11.6 Å². The van der Waals surface area contributed by atoms with Gasteiger partial charge in [-0.2, -0.15) is 0 Å². The average Bonchev–Trinajstić information content (AvgIpc) is 2.40. The van der Waals surface area contributed by atoms with Crippen LogP contribution in [0.2, 0.25) is 0 Å². The first-order valence-electron chi connectivity index (χ1n) is 6.94. The maximum atomic E-state index is 12.1. The van der Waals surface area contributed by atoms with Gasteiger partial charge in [-0.25, -0.2) is 4.98 Å². The highest BCUT2D eigenvalue weighted by Gasteiger charge is 2.06. The smallest absolute Gasteiger partial charge is 0.293 e. The Balaban J connectivity index is 2.01. The van der Waals surface area contributed by atoms with Crippen LogP contribution < -0.4 is 10.9 Å². The number of anilines is 1. The molecule has 0 aliphatic rings. The maximum absolute atomic E-state index is 12.1. The lowest BCUT2D eigenvalue weighted by Gasteiger charge is -2.11. The predicted molar refractivity (Wildman–Crippen MR) is 82.3 cm³/mol. The van der Waals surface area contributed by atoms with Crippen LogP contribution in [0, 0.1) is 6.92 Å². The molecular weight excluding hydrogens is 250 g/mol. The summed E-state index contributed by atoms with van der Waals surface area (Å²) in [5.41, 5.74) is 2.45. The molecule has 1 heterocycles. The number of aryl methyl sites for hydroxylation is 1. The molecule has 0 aliphatic heterocycles. The van der Waals surface area contributed by atoms with Gasteiger partial charge in [-0.15, -0.1) is 0 Å². The number of benzene rings is 1. The highest BCUT2D eigenvalue weighted by atomic mass is 16.1. The summed E-state index contributed by atoms with van der Waals surface area (Å²) in [4.78, 5) is 16.3. The predicted octanol–water partition coefficient (Wildman–Crippen LogP) is 2.79. The Bertz CT molecular complexity index is 632. The molecule has 0 fully saturated rings. The van der Waals surface area contributed by atoms with Crippen LogP contribution in [0.4, 0.5) is 5.82 Å². The lowest BCUT2D eigenvalue weighted by molar-refractivity contribution is 0.575. The first-order chi connectivity index (χ1) is 9.58. The molecule has 4 nitrogen and oxygen atoms in total. The number of nitrogens with zero attached hydrogens (tertiary/aromatic N) is 2. The van der Waals surface area contributed by atoms with Gasteiger partial charge in [0, 0.05) is 25.0 Å². The van der Waals surface area contributed by atoms with Crippen molar-refractivity contribution in [1.29, 1.82) is 0 Å². The molecule has 0 amide bonds. The summed E-state index contributed by atoms with van der Waals surface area (Å²) in [6.45, 7) is 6.75. The largest absolute Gasteiger partial charge is 0.365 e. The molecule has 2 rings (SSSR count). The van der Waals surface area contributed by atoms with Crippen LogP contribution in [0.15, 0.2) is 41.5 Å². The van der Waals surface area contributed by atoms with Crippen molar-refractivity contribution in [3.63, 3.8) is 0 Å². The first kappa shape index (κ1) is 14.3. The van der Waals surface area contributed by atoms with Crippen molar-refractivity contribution in [3.8, 4) is 0 Å². The SMILES string of the molecule is Cc1cccc(CCNc2nccn(C(C)C)c2=O)c1. The summed E-state index contributed by atoms with van der Waals surface area (Å²) >= 11 is 0. The zero-order valence-corrected chi connectivity index (χ0v) is 12.3. The molecule has 106 valence electrons. The molecular formula is C16H21N3O. The molecule has 0 radical (unpaired) electrons. The Kier molecular flexibility index (Phi) is 4.56. The third-order valence-corrected chi connectivity index (χ3v) is 3.21. The Hall–Kier alpha value is -2.10. The third kappa shape index (κ3) is 3.47. The van der Waals surface area contributed by atoms with Crippen molar-refractivity contribution < 1.29 is 0 Å². The van der Waals surface area contributed by atoms with Gasteiger partial charge < -0.3 is 9.88 Å². The molecule has 0 aliphatic carbocycles. The van der Waals surface area contributed by atoms with Gasteiger partial charge in [0.2, 0.25) is 0 Å². The van der Waals surface area contributed by atoms with E-state index in [0.29, 0.717) is 12.4 Å². The fourth-order valence-electron chi connectivity index (χ4n) is 2.15. The summed E-state index contributed by atoms with van der Waals surface area (Å²) in [6.07, 6.45) is 4.26. The van der Waals surface area contributed by atoms with Gasteiger partial charge in [-0.3, -0.25) is 4.79 Å². The minimum Gasteiger partial charge on any atom is -0.365 e. The molecule has 0 unspecified atom stereocenters. The van der Waals surface area contributed by atoms with Crippen LogP contribution in [0.1, 0.15) is 31.0 Å². The van der Waals surface area contributed by atoms with Crippen molar-refractivity contribution >= 4 is 5.82 Å². The topological polar surface area (TPSA) is 46.9 Å². The second-order valence-corrected chi connectivity index (χ2v) is 5.25. The molecule has 4 heteroatoms. The molecule has 0 spiro atoms. The second-order valence-electron chi connectivity index (χ2n) is 5.25. The lowest BCUT2D eigenvalue weighted by atomic mass is 10.1. The van der Waals surface area contributed by atoms with Gasteiger partial charge in [0.25, 0.3) is 5.56 Å². The molecule has 0 atom stereocenters. The number of hydrogen-bond acceptors (Lipinski definition) is 3. The van der Waals surface area contributed by atoms with Gasteiger partial charge in [-0.1, -0.05) is 29.8 Å². The zero-order chi connectivity index (χ0) is 14.5. The van der Waals surface area contributed by atoms with Crippen LogP contribution in [-0.4, -0.2) is 16.1 Å². The fraction of sp³-hybridized carbons (Fsp3) is 0.375. The van der Waals surface area contributed by atoms with Crippen LogP contribution in [0.25, 0.3) is 0 Å². The molecule has 2 aromatic rings.